The van der Waals surface area contributed by atoms with Crippen LogP contribution < -0.4 is 10.9 Å². The van der Waals surface area contributed by atoms with Gasteiger partial charge in [-0.05, 0) is 36.3 Å². The third-order valence-electron chi connectivity index (χ3n) is 4.80. The molecule has 0 aliphatic carbocycles. The van der Waals surface area contributed by atoms with Gasteiger partial charge in [0.25, 0.3) is 5.56 Å². The fourth-order valence-corrected chi connectivity index (χ4v) is 5.27. The predicted molar refractivity (Wildman–Crippen MR) is 129 cm³/mol. The van der Waals surface area contributed by atoms with Crippen LogP contribution in [-0.4, -0.2) is 25.8 Å². The number of carbonyl (C=O) groups is 1. The van der Waals surface area contributed by atoms with Gasteiger partial charge in [-0.3, -0.25) is 18.7 Å². The minimum atomic E-state index is -0.166. The van der Waals surface area contributed by atoms with Gasteiger partial charge in [-0.1, -0.05) is 71.6 Å². The highest BCUT2D eigenvalue weighted by atomic mass is 32.2. The van der Waals surface area contributed by atoms with Crippen LogP contribution in [-0.2, 0) is 18.4 Å². The van der Waals surface area contributed by atoms with Crippen molar-refractivity contribution in [2.24, 2.45) is 7.05 Å². The Morgan fingerprint density at radius 2 is 1.87 bits per heavy atom. The first-order valence-corrected chi connectivity index (χ1v) is 11.8. The van der Waals surface area contributed by atoms with Crippen molar-refractivity contribution in [3.63, 3.8) is 0 Å². The van der Waals surface area contributed by atoms with E-state index in [2.05, 4.69) is 5.32 Å². The molecule has 1 N–H and O–H groups in total. The number of amides is 1. The SMILES string of the molecule is Cc1ccccc1-n1c(=S)sc2c(=O)n(C)c(SCC(=O)NCc3ccccc3)nc21. The van der Waals surface area contributed by atoms with Crippen LogP contribution in [0.25, 0.3) is 16.0 Å². The summed E-state index contributed by atoms with van der Waals surface area (Å²) in [6.45, 7) is 2.46. The van der Waals surface area contributed by atoms with E-state index in [-0.39, 0.29) is 17.2 Å². The van der Waals surface area contributed by atoms with Gasteiger partial charge in [-0.25, -0.2) is 4.98 Å². The number of nitrogens with zero attached hydrogens (tertiary/aromatic N) is 3. The van der Waals surface area contributed by atoms with E-state index in [1.54, 1.807) is 7.05 Å². The number of thioether (sulfide) groups is 1. The summed E-state index contributed by atoms with van der Waals surface area (Å²) >= 11 is 8.04. The minimum absolute atomic E-state index is 0.121. The molecule has 9 heteroatoms. The number of nitrogens with one attached hydrogen (secondary N) is 1. The predicted octanol–water partition coefficient (Wildman–Crippen LogP) is 4.23. The van der Waals surface area contributed by atoms with Crippen LogP contribution in [0, 0.1) is 10.9 Å². The van der Waals surface area contributed by atoms with Crippen LogP contribution in [0.4, 0.5) is 0 Å². The molecule has 0 unspecified atom stereocenters. The molecule has 0 saturated carbocycles. The number of hydrogen-bond acceptors (Lipinski definition) is 6. The van der Waals surface area contributed by atoms with Crippen molar-refractivity contribution in [2.75, 3.05) is 5.75 Å². The number of para-hydroxylation sites is 1. The molecule has 0 saturated heterocycles. The summed E-state index contributed by atoms with van der Waals surface area (Å²) in [6, 6.07) is 17.6. The average molecular weight is 469 g/mol. The van der Waals surface area contributed by atoms with Gasteiger partial charge in [0.2, 0.25) is 5.91 Å². The number of hydrogen-bond donors (Lipinski definition) is 1. The maximum Gasteiger partial charge on any atom is 0.273 e. The van der Waals surface area contributed by atoms with E-state index in [1.807, 2.05) is 66.1 Å². The Morgan fingerprint density at radius 1 is 1.16 bits per heavy atom. The van der Waals surface area contributed by atoms with Crippen molar-refractivity contribution >= 4 is 51.6 Å². The molecule has 4 rings (SSSR count). The molecular weight excluding hydrogens is 448 g/mol. The summed E-state index contributed by atoms with van der Waals surface area (Å²) < 4.78 is 4.39. The molecule has 158 valence electrons. The third-order valence-corrected chi connectivity index (χ3v) is 7.18. The van der Waals surface area contributed by atoms with Crippen LogP contribution in [0.5, 0.6) is 0 Å². The Morgan fingerprint density at radius 3 is 2.61 bits per heavy atom. The average Bonchev–Trinajstić information content (AvgIpc) is 3.10. The molecular formula is C22H20N4O2S3. The smallest absolute Gasteiger partial charge is 0.273 e. The van der Waals surface area contributed by atoms with Crippen molar-refractivity contribution in [2.45, 2.75) is 18.6 Å². The summed E-state index contributed by atoms with van der Waals surface area (Å²) in [7, 11) is 1.67. The van der Waals surface area contributed by atoms with Crippen molar-refractivity contribution in [1.82, 2.24) is 19.4 Å². The van der Waals surface area contributed by atoms with Gasteiger partial charge in [0.05, 0.1) is 11.4 Å². The first kappa shape index (κ1) is 21.5. The molecule has 0 aliphatic rings. The van der Waals surface area contributed by atoms with Crippen molar-refractivity contribution < 1.29 is 4.79 Å². The fraction of sp³-hybridized carbons (Fsp3) is 0.182. The molecule has 31 heavy (non-hydrogen) atoms. The Hall–Kier alpha value is -2.75. The Balaban J connectivity index is 1.61. The van der Waals surface area contributed by atoms with Crippen LogP contribution in [0.1, 0.15) is 11.1 Å². The molecule has 4 aromatic rings. The quantitative estimate of drug-likeness (QED) is 0.261. The van der Waals surface area contributed by atoms with E-state index >= 15 is 0 Å². The highest BCUT2D eigenvalue weighted by Crippen LogP contribution is 2.26. The summed E-state index contributed by atoms with van der Waals surface area (Å²) in [4.78, 5) is 30.0. The van der Waals surface area contributed by atoms with Crippen molar-refractivity contribution in [3.8, 4) is 5.69 Å². The minimum Gasteiger partial charge on any atom is -0.351 e. The summed E-state index contributed by atoms with van der Waals surface area (Å²) in [5, 5.41) is 3.37. The Bertz CT molecular complexity index is 1370. The zero-order chi connectivity index (χ0) is 22.0. The molecule has 0 aliphatic heterocycles. The van der Waals surface area contributed by atoms with E-state index in [9.17, 15) is 9.59 Å². The van der Waals surface area contributed by atoms with Gasteiger partial charge in [-0.2, -0.15) is 0 Å². The van der Waals surface area contributed by atoms with Crippen LogP contribution in [0.15, 0.2) is 64.5 Å². The standard InChI is InChI=1S/C22H20N4O2S3/c1-14-8-6-7-11-16(14)26-19-18(31-22(26)29)20(28)25(2)21(24-19)30-13-17(27)23-12-15-9-4-3-5-10-15/h3-11H,12-13H2,1-2H3,(H,23,27). The van der Waals surface area contributed by atoms with Gasteiger partial charge in [-0.15, -0.1) is 0 Å². The van der Waals surface area contributed by atoms with E-state index in [0.717, 1.165) is 16.8 Å². The Labute approximate surface area is 192 Å². The van der Waals surface area contributed by atoms with Gasteiger partial charge < -0.3 is 5.32 Å². The molecule has 0 radical (unpaired) electrons. The summed E-state index contributed by atoms with van der Waals surface area (Å²) in [5.74, 6) is 0.0395. The van der Waals surface area contributed by atoms with Gasteiger partial charge in [0.15, 0.2) is 14.8 Å². The third kappa shape index (κ3) is 4.48. The lowest BCUT2D eigenvalue weighted by Gasteiger charge is -2.10. The molecule has 2 aromatic carbocycles. The number of aryl methyl sites for hydroxylation is 1. The second kappa shape index (κ2) is 9.17. The van der Waals surface area contributed by atoms with E-state index in [4.69, 9.17) is 17.2 Å². The maximum absolute atomic E-state index is 12.9. The second-order valence-electron chi connectivity index (χ2n) is 6.95. The van der Waals surface area contributed by atoms with E-state index in [0.29, 0.717) is 26.0 Å². The van der Waals surface area contributed by atoms with Gasteiger partial charge >= 0.3 is 0 Å². The van der Waals surface area contributed by atoms with E-state index < -0.39 is 0 Å². The summed E-state index contributed by atoms with van der Waals surface area (Å²) in [6.07, 6.45) is 0. The first-order valence-electron chi connectivity index (χ1n) is 9.57. The molecule has 6 nitrogen and oxygen atoms in total. The highest BCUT2D eigenvalue weighted by molar-refractivity contribution is 7.99. The lowest BCUT2D eigenvalue weighted by atomic mass is 10.2. The number of aromatic nitrogens is 3. The molecule has 0 bridgehead atoms. The molecule has 2 heterocycles. The van der Waals surface area contributed by atoms with Crippen molar-refractivity contribution in [1.29, 1.82) is 0 Å². The van der Waals surface area contributed by atoms with Crippen LogP contribution >= 0.6 is 35.3 Å². The lowest BCUT2D eigenvalue weighted by Crippen LogP contribution is -2.25. The monoisotopic (exact) mass is 468 g/mol. The number of thiazole rings is 1. The first-order chi connectivity index (χ1) is 15.0. The topological polar surface area (TPSA) is 68.9 Å². The number of benzene rings is 2. The fourth-order valence-electron chi connectivity index (χ4n) is 3.14. The maximum atomic E-state index is 12.9. The molecule has 1 amide bonds. The van der Waals surface area contributed by atoms with Crippen molar-refractivity contribution in [3.05, 3.63) is 80.0 Å². The zero-order valence-corrected chi connectivity index (χ0v) is 19.4. The molecule has 2 aromatic heterocycles. The molecule has 0 spiro atoms. The van der Waals surface area contributed by atoms with E-state index in [1.165, 1.54) is 27.7 Å². The van der Waals surface area contributed by atoms with Crippen LogP contribution in [0.3, 0.4) is 0 Å². The normalized spacial score (nSPS) is 11.0. The molecule has 0 atom stereocenters. The van der Waals surface area contributed by atoms with Gasteiger partial charge in [0, 0.05) is 13.6 Å². The number of rotatable bonds is 6. The zero-order valence-electron chi connectivity index (χ0n) is 17.0. The summed E-state index contributed by atoms with van der Waals surface area (Å²) in [5.41, 5.74) is 3.33. The second-order valence-corrected chi connectivity index (χ2v) is 9.54. The van der Waals surface area contributed by atoms with Gasteiger partial charge in [0.1, 0.15) is 4.70 Å². The number of carbonyl (C=O) groups excluding carboxylic acids is 1. The molecule has 0 fully saturated rings. The largest absolute Gasteiger partial charge is 0.351 e. The van der Waals surface area contributed by atoms with Crippen LogP contribution in [0.2, 0.25) is 0 Å². The number of fused-ring (bicyclic) bond motifs is 1. The Kier molecular flexibility index (Phi) is 6.35. The highest BCUT2D eigenvalue weighted by Gasteiger charge is 2.17. The lowest BCUT2D eigenvalue weighted by molar-refractivity contribution is -0.118.